The number of nitrogens with zero attached hydrogens (tertiary/aromatic N) is 1. The topological polar surface area (TPSA) is 34.1 Å². The first-order valence-electron chi connectivity index (χ1n) is 6.28. The van der Waals surface area contributed by atoms with Gasteiger partial charge in [-0.05, 0) is 25.1 Å². The van der Waals surface area contributed by atoms with Crippen molar-refractivity contribution in [1.29, 1.82) is 0 Å². The zero-order valence-corrected chi connectivity index (χ0v) is 11.5. The summed E-state index contributed by atoms with van der Waals surface area (Å²) in [7, 11) is 1.55. The standard InChI is InChI=1S/C14H15FN2OS/c1-18-13-6-10(15)2-3-11(13)12-8-19-14(17-12)9-4-5-16-7-9/h2-3,6,8-9,16H,4-5,7H2,1H3/t9-/m1/s1. The molecule has 3 nitrogen and oxygen atoms in total. The highest BCUT2D eigenvalue weighted by Crippen LogP contribution is 2.34. The van der Waals surface area contributed by atoms with Crippen LogP contribution in [0.3, 0.4) is 0 Å². The van der Waals surface area contributed by atoms with Crippen LogP contribution < -0.4 is 10.1 Å². The van der Waals surface area contributed by atoms with Gasteiger partial charge in [-0.1, -0.05) is 0 Å². The van der Waals surface area contributed by atoms with Crippen LogP contribution >= 0.6 is 11.3 Å². The SMILES string of the molecule is COc1cc(F)ccc1-c1csc([C@@H]2CCNC2)n1. The maximum atomic E-state index is 13.2. The van der Waals surface area contributed by atoms with Gasteiger partial charge in [-0.15, -0.1) is 11.3 Å². The van der Waals surface area contributed by atoms with Crippen LogP contribution in [0, 0.1) is 5.82 Å². The van der Waals surface area contributed by atoms with Crippen molar-refractivity contribution >= 4 is 11.3 Å². The predicted octanol–water partition coefficient (Wildman–Crippen LogP) is 3.03. The fourth-order valence-corrected chi connectivity index (χ4v) is 3.30. The summed E-state index contributed by atoms with van der Waals surface area (Å²) in [5, 5.41) is 6.50. The molecule has 2 heterocycles. The van der Waals surface area contributed by atoms with Gasteiger partial charge in [-0.2, -0.15) is 0 Å². The molecule has 0 saturated carbocycles. The third-order valence-corrected chi connectivity index (χ3v) is 4.38. The number of thiazole rings is 1. The molecule has 0 amide bonds. The third kappa shape index (κ3) is 2.48. The van der Waals surface area contributed by atoms with Gasteiger partial charge in [0.15, 0.2) is 0 Å². The lowest BCUT2D eigenvalue weighted by Gasteiger charge is -2.06. The zero-order chi connectivity index (χ0) is 13.2. The van der Waals surface area contributed by atoms with E-state index in [1.54, 1.807) is 24.5 Å². The van der Waals surface area contributed by atoms with Gasteiger partial charge in [-0.3, -0.25) is 0 Å². The van der Waals surface area contributed by atoms with Crippen molar-refractivity contribution in [3.63, 3.8) is 0 Å². The number of rotatable bonds is 3. The molecule has 5 heteroatoms. The van der Waals surface area contributed by atoms with E-state index >= 15 is 0 Å². The molecular weight excluding hydrogens is 263 g/mol. The average molecular weight is 278 g/mol. The summed E-state index contributed by atoms with van der Waals surface area (Å²) in [6, 6.07) is 4.55. The molecule has 1 aromatic heterocycles. The minimum absolute atomic E-state index is 0.295. The molecule has 2 aromatic rings. The van der Waals surface area contributed by atoms with Crippen LogP contribution in [0.15, 0.2) is 23.6 Å². The summed E-state index contributed by atoms with van der Waals surface area (Å²) < 4.78 is 18.4. The highest BCUT2D eigenvalue weighted by Gasteiger charge is 2.20. The second kappa shape index (κ2) is 5.27. The van der Waals surface area contributed by atoms with E-state index in [0.29, 0.717) is 11.7 Å². The number of hydrogen-bond acceptors (Lipinski definition) is 4. The van der Waals surface area contributed by atoms with Crippen molar-refractivity contribution in [3.8, 4) is 17.0 Å². The highest BCUT2D eigenvalue weighted by molar-refractivity contribution is 7.10. The van der Waals surface area contributed by atoms with Crippen molar-refractivity contribution in [3.05, 3.63) is 34.4 Å². The van der Waals surface area contributed by atoms with Crippen LogP contribution in [0.4, 0.5) is 4.39 Å². The number of nitrogens with one attached hydrogen (secondary N) is 1. The van der Waals surface area contributed by atoms with Gasteiger partial charge < -0.3 is 10.1 Å². The molecule has 1 aromatic carbocycles. The number of benzene rings is 1. The summed E-state index contributed by atoms with van der Waals surface area (Å²) in [5.74, 6) is 0.739. The van der Waals surface area contributed by atoms with Crippen LogP contribution in [0.2, 0.25) is 0 Å². The van der Waals surface area contributed by atoms with E-state index in [1.165, 1.54) is 12.1 Å². The monoisotopic (exact) mass is 278 g/mol. The average Bonchev–Trinajstić information content (AvgIpc) is 3.09. The molecule has 100 valence electrons. The van der Waals surface area contributed by atoms with Gasteiger partial charge in [-0.25, -0.2) is 9.37 Å². The van der Waals surface area contributed by atoms with Crippen molar-refractivity contribution in [2.45, 2.75) is 12.3 Å². The Bertz CT molecular complexity index is 579. The summed E-state index contributed by atoms with van der Waals surface area (Å²) in [6.45, 7) is 2.05. The quantitative estimate of drug-likeness (QED) is 0.937. The second-order valence-corrected chi connectivity index (χ2v) is 5.49. The number of hydrogen-bond donors (Lipinski definition) is 1. The number of aromatic nitrogens is 1. The Hall–Kier alpha value is -1.46. The fourth-order valence-electron chi connectivity index (χ4n) is 2.34. The molecule has 1 fully saturated rings. The Morgan fingerprint density at radius 3 is 3.11 bits per heavy atom. The van der Waals surface area contributed by atoms with Gasteiger partial charge in [0.1, 0.15) is 11.6 Å². The van der Waals surface area contributed by atoms with Crippen LogP contribution in [-0.2, 0) is 0 Å². The normalized spacial score (nSPS) is 18.7. The van der Waals surface area contributed by atoms with E-state index in [-0.39, 0.29) is 5.82 Å². The third-order valence-electron chi connectivity index (χ3n) is 3.37. The second-order valence-electron chi connectivity index (χ2n) is 4.61. The van der Waals surface area contributed by atoms with E-state index in [4.69, 9.17) is 4.74 Å². The fraction of sp³-hybridized carbons (Fsp3) is 0.357. The molecule has 0 unspecified atom stereocenters. The first-order chi connectivity index (χ1) is 9.28. The summed E-state index contributed by atoms with van der Waals surface area (Å²) in [5.41, 5.74) is 1.71. The number of methoxy groups -OCH3 is 1. The Morgan fingerprint density at radius 1 is 1.47 bits per heavy atom. The number of ether oxygens (including phenoxy) is 1. The molecule has 0 spiro atoms. The molecule has 0 bridgehead atoms. The Kier molecular flexibility index (Phi) is 3.48. The minimum Gasteiger partial charge on any atom is -0.496 e. The van der Waals surface area contributed by atoms with Gasteiger partial charge in [0.2, 0.25) is 0 Å². The summed E-state index contributed by atoms with van der Waals surface area (Å²) in [4.78, 5) is 4.68. The molecule has 1 aliphatic heterocycles. The van der Waals surface area contributed by atoms with Crippen molar-refractivity contribution in [2.24, 2.45) is 0 Å². The van der Waals surface area contributed by atoms with Crippen molar-refractivity contribution in [2.75, 3.05) is 20.2 Å². The Balaban J connectivity index is 1.93. The van der Waals surface area contributed by atoms with Gasteiger partial charge in [0, 0.05) is 29.5 Å². The van der Waals surface area contributed by atoms with E-state index < -0.39 is 0 Å². The Morgan fingerprint density at radius 2 is 2.37 bits per heavy atom. The lowest BCUT2D eigenvalue weighted by Crippen LogP contribution is -2.07. The first-order valence-corrected chi connectivity index (χ1v) is 7.16. The smallest absolute Gasteiger partial charge is 0.131 e. The highest BCUT2D eigenvalue weighted by atomic mass is 32.1. The van der Waals surface area contributed by atoms with Gasteiger partial charge in [0.25, 0.3) is 0 Å². The molecule has 1 saturated heterocycles. The van der Waals surface area contributed by atoms with Crippen LogP contribution in [0.25, 0.3) is 11.3 Å². The first kappa shape index (κ1) is 12.6. The molecule has 0 aliphatic carbocycles. The lowest BCUT2D eigenvalue weighted by atomic mass is 10.1. The number of halogens is 1. The van der Waals surface area contributed by atoms with Crippen molar-refractivity contribution in [1.82, 2.24) is 10.3 Å². The minimum atomic E-state index is -0.295. The maximum Gasteiger partial charge on any atom is 0.131 e. The molecule has 1 atom stereocenters. The van der Waals surface area contributed by atoms with E-state index in [0.717, 1.165) is 35.8 Å². The van der Waals surface area contributed by atoms with Crippen LogP contribution in [-0.4, -0.2) is 25.2 Å². The van der Waals surface area contributed by atoms with E-state index in [1.807, 2.05) is 5.38 Å². The summed E-state index contributed by atoms with van der Waals surface area (Å²) >= 11 is 1.66. The largest absolute Gasteiger partial charge is 0.496 e. The van der Waals surface area contributed by atoms with E-state index in [9.17, 15) is 4.39 Å². The van der Waals surface area contributed by atoms with Crippen molar-refractivity contribution < 1.29 is 9.13 Å². The predicted molar refractivity (Wildman–Crippen MR) is 74.3 cm³/mol. The van der Waals surface area contributed by atoms with Crippen LogP contribution in [0.1, 0.15) is 17.3 Å². The maximum absolute atomic E-state index is 13.2. The van der Waals surface area contributed by atoms with Gasteiger partial charge in [0.05, 0.1) is 17.8 Å². The van der Waals surface area contributed by atoms with Gasteiger partial charge >= 0.3 is 0 Å². The lowest BCUT2D eigenvalue weighted by molar-refractivity contribution is 0.413. The zero-order valence-electron chi connectivity index (χ0n) is 10.6. The molecule has 0 radical (unpaired) electrons. The molecule has 1 N–H and O–H groups in total. The molecule has 1 aliphatic rings. The molecule has 3 rings (SSSR count). The molecular formula is C14H15FN2OS. The Labute approximate surface area is 115 Å². The molecule has 19 heavy (non-hydrogen) atoms. The van der Waals surface area contributed by atoms with Crippen LogP contribution in [0.5, 0.6) is 5.75 Å². The summed E-state index contributed by atoms with van der Waals surface area (Å²) in [6.07, 6.45) is 1.13. The van der Waals surface area contributed by atoms with E-state index in [2.05, 4.69) is 10.3 Å².